The Hall–Kier alpha value is -0.600. The van der Waals surface area contributed by atoms with Crippen molar-refractivity contribution < 1.29 is 4.39 Å². The maximum Gasteiger partial charge on any atom is 0.124 e. The molecule has 0 amide bonds. The third kappa shape index (κ3) is 0.967. The van der Waals surface area contributed by atoms with E-state index >= 15 is 0 Å². The van der Waals surface area contributed by atoms with Gasteiger partial charge in [0, 0.05) is 7.05 Å². The first-order valence-electron chi connectivity index (χ1n) is 2.35. The SMILES string of the molecule is CN1[C]C(CF)[C]=N1. The lowest BCUT2D eigenvalue weighted by molar-refractivity contribution is 0.387. The molecule has 1 aliphatic heterocycles. The van der Waals surface area contributed by atoms with Gasteiger partial charge in [0.05, 0.1) is 12.1 Å². The summed E-state index contributed by atoms with van der Waals surface area (Å²) in [7, 11) is 1.70. The topological polar surface area (TPSA) is 15.6 Å². The first kappa shape index (κ1) is 5.54. The second kappa shape index (κ2) is 2.11. The Morgan fingerprint density at radius 3 is 2.88 bits per heavy atom. The van der Waals surface area contributed by atoms with Gasteiger partial charge in [-0.1, -0.05) is 0 Å². The number of alkyl halides is 1. The van der Waals surface area contributed by atoms with E-state index < -0.39 is 6.67 Å². The lowest BCUT2D eigenvalue weighted by Crippen LogP contribution is -2.07. The number of hydrogen-bond donors (Lipinski definition) is 0. The molecule has 3 heteroatoms. The van der Waals surface area contributed by atoms with Crippen molar-refractivity contribution in [3.63, 3.8) is 0 Å². The Labute approximate surface area is 48.0 Å². The summed E-state index contributed by atoms with van der Waals surface area (Å²) < 4.78 is 11.7. The lowest BCUT2D eigenvalue weighted by Gasteiger charge is -2.02. The van der Waals surface area contributed by atoms with Crippen LogP contribution in [0, 0.1) is 12.5 Å². The normalized spacial score (nSPS) is 27.2. The second-order valence-corrected chi connectivity index (χ2v) is 1.59. The van der Waals surface area contributed by atoms with E-state index in [9.17, 15) is 4.39 Å². The molecule has 0 aromatic heterocycles. The van der Waals surface area contributed by atoms with Crippen LogP contribution in [0.1, 0.15) is 0 Å². The van der Waals surface area contributed by atoms with Crippen molar-refractivity contribution in [2.75, 3.05) is 13.7 Å². The van der Waals surface area contributed by atoms with E-state index in [4.69, 9.17) is 0 Å². The average Bonchev–Trinajstić information content (AvgIpc) is 2.14. The zero-order valence-electron chi connectivity index (χ0n) is 4.56. The Morgan fingerprint density at radius 1 is 1.88 bits per heavy atom. The third-order valence-corrected chi connectivity index (χ3v) is 0.861. The molecule has 1 unspecified atom stereocenters. The number of rotatable bonds is 1. The van der Waals surface area contributed by atoms with E-state index in [1.807, 2.05) is 0 Å². The molecule has 0 saturated heterocycles. The Morgan fingerprint density at radius 2 is 2.62 bits per heavy atom. The maximum atomic E-state index is 11.7. The van der Waals surface area contributed by atoms with Crippen LogP contribution < -0.4 is 0 Å². The molecular weight excluding hydrogens is 107 g/mol. The van der Waals surface area contributed by atoms with Crippen LogP contribution in [0.2, 0.25) is 0 Å². The third-order valence-electron chi connectivity index (χ3n) is 0.861. The molecule has 2 nitrogen and oxygen atoms in total. The zero-order chi connectivity index (χ0) is 5.98. The summed E-state index contributed by atoms with van der Waals surface area (Å²) in [5.74, 6) is -0.333. The first-order chi connectivity index (χ1) is 3.83. The Bertz CT molecular complexity index is 103. The molecule has 1 aliphatic rings. The number of hydrogen-bond acceptors (Lipinski definition) is 2. The van der Waals surface area contributed by atoms with Crippen LogP contribution in [0.25, 0.3) is 0 Å². The van der Waals surface area contributed by atoms with Crippen LogP contribution in [0.15, 0.2) is 5.10 Å². The molecular formula is C5H6FN2. The largest absolute Gasteiger partial charge is 0.288 e. The van der Waals surface area contributed by atoms with Crippen molar-refractivity contribution in [1.82, 2.24) is 5.01 Å². The molecule has 1 rings (SSSR count). The zero-order valence-corrected chi connectivity index (χ0v) is 4.56. The van der Waals surface area contributed by atoms with E-state index in [0.717, 1.165) is 0 Å². The van der Waals surface area contributed by atoms with E-state index in [0.29, 0.717) is 0 Å². The highest BCUT2D eigenvalue weighted by atomic mass is 19.1. The summed E-state index contributed by atoms with van der Waals surface area (Å²) in [6.07, 6.45) is 2.52. The van der Waals surface area contributed by atoms with Gasteiger partial charge in [0.25, 0.3) is 0 Å². The Balaban J connectivity index is 2.34. The van der Waals surface area contributed by atoms with Gasteiger partial charge < -0.3 is 0 Å². The minimum Gasteiger partial charge on any atom is -0.288 e. The highest BCUT2D eigenvalue weighted by molar-refractivity contribution is 5.64. The molecule has 0 saturated carbocycles. The van der Waals surface area contributed by atoms with Gasteiger partial charge in [-0.2, -0.15) is 5.10 Å². The quantitative estimate of drug-likeness (QED) is 0.481. The molecule has 8 heavy (non-hydrogen) atoms. The molecule has 0 bridgehead atoms. The van der Waals surface area contributed by atoms with Crippen LogP contribution in [-0.4, -0.2) is 24.9 Å². The fourth-order valence-corrected chi connectivity index (χ4v) is 0.509. The van der Waals surface area contributed by atoms with Crippen LogP contribution >= 0.6 is 0 Å². The predicted molar refractivity (Wildman–Crippen MR) is 27.9 cm³/mol. The smallest absolute Gasteiger partial charge is 0.124 e. The van der Waals surface area contributed by atoms with Crippen LogP contribution in [0.3, 0.4) is 0 Å². The molecule has 0 aliphatic carbocycles. The summed E-state index contributed by atoms with van der Waals surface area (Å²) >= 11 is 0. The monoisotopic (exact) mass is 113 g/mol. The minimum atomic E-state index is -0.451. The fourth-order valence-electron chi connectivity index (χ4n) is 0.509. The van der Waals surface area contributed by atoms with Gasteiger partial charge in [-0.05, 0) is 0 Å². The number of halogens is 1. The van der Waals surface area contributed by atoms with Gasteiger partial charge >= 0.3 is 0 Å². The Kier molecular flexibility index (Phi) is 1.46. The second-order valence-electron chi connectivity index (χ2n) is 1.59. The highest BCUT2D eigenvalue weighted by Crippen LogP contribution is 2.09. The molecule has 0 N–H and O–H groups in total. The van der Waals surface area contributed by atoms with E-state index in [1.54, 1.807) is 7.05 Å². The molecule has 0 aromatic rings. The summed E-state index contributed by atoms with van der Waals surface area (Å²) in [6, 6.07) is 0. The average molecular weight is 113 g/mol. The van der Waals surface area contributed by atoms with Gasteiger partial charge in [0.1, 0.15) is 13.2 Å². The fraction of sp³-hybridized carbons (Fsp3) is 0.600. The van der Waals surface area contributed by atoms with Gasteiger partial charge in [-0.3, -0.25) is 9.40 Å². The van der Waals surface area contributed by atoms with Crippen molar-refractivity contribution in [2.24, 2.45) is 11.0 Å². The van der Waals surface area contributed by atoms with Crippen LogP contribution in [-0.2, 0) is 0 Å². The summed E-state index contributed by atoms with van der Waals surface area (Å²) in [5, 5.41) is 5.06. The summed E-state index contributed by atoms with van der Waals surface area (Å²) in [6.45, 7) is 2.23. The lowest BCUT2D eigenvalue weighted by atomic mass is 10.2. The van der Waals surface area contributed by atoms with Crippen molar-refractivity contribution in [2.45, 2.75) is 0 Å². The van der Waals surface area contributed by atoms with Gasteiger partial charge in [0.15, 0.2) is 0 Å². The van der Waals surface area contributed by atoms with E-state index in [1.165, 1.54) is 5.01 Å². The summed E-state index contributed by atoms with van der Waals surface area (Å²) in [4.78, 5) is 0. The standard InChI is InChI=1S/C5H6FN2/c1-8-4-5(2-6)3-7-8/h5H,2H2,1H3. The number of hydrazone groups is 1. The first-order valence-corrected chi connectivity index (χ1v) is 2.35. The highest BCUT2D eigenvalue weighted by Gasteiger charge is 2.15. The van der Waals surface area contributed by atoms with Gasteiger partial charge in [0.2, 0.25) is 0 Å². The van der Waals surface area contributed by atoms with Crippen molar-refractivity contribution >= 4 is 6.21 Å². The summed E-state index contributed by atoms with van der Waals surface area (Å²) in [5.41, 5.74) is 0. The molecule has 43 valence electrons. The molecule has 1 atom stereocenters. The minimum absolute atomic E-state index is 0.333. The molecule has 0 aromatic carbocycles. The maximum absolute atomic E-state index is 11.7. The van der Waals surface area contributed by atoms with Gasteiger partial charge in [-0.15, -0.1) is 0 Å². The van der Waals surface area contributed by atoms with Gasteiger partial charge in [-0.25, -0.2) is 0 Å². The van der Waals surface area contributed by atoms with Crippen LogP contribution in [0.4, 0.5) is 4.39 Å². The predicted octanol–water partition coefficient (Wildman–Crippen LogP) is 0.419. The van der Waals surface area contributed by atoms with Crippen molar-refractivity contribution in [3.8, 4) is 0 Å². The molecule has 3 radical (unpaired) electrons. The van der Waals surface area contributed by atoms with Crippen molar-refractivity contribution in [1.29, 1.82) is 0 Å². The van der Waals surface area contributed by atoms with Crippen molar-refractivity contribution in [3.05, 3.63) is 6.54 Å². The molecule has 1 heterocycles. The van der Waals surface area contributed by atoms with Crippen LogP contribution in [0.5, 0.6) is 0 Å². The van der Waals surface area contributed by atoms with E-state index in [-0.39, 0.29) is 5.92 Å². The number of nitrogens with zero attached hydrogens (tertiary/aromatic N) is 2. The molecule has 0 spiro atoms. The van der Waals surface area contributed by atoms with E-state index in [2.05, 4.69) is 17.9 Å². The molecule has 0 fully saturated rings.